The molecule has 0 atom stereocenters. The molecule has 0 bridgehead atoms. The highest BCUT2D eigenvalue weighted by molar-refractivity contribution is 5.23. The maximum absolute atomic E-state index is 4.23. The summed E-state index contributed by atoms with van der Waals surface area (Å²) >= 11 is 0. The fourth-order valence-corrected chi connectivity index (χ4v) is 2.06. The van der Waals surface area contributed by atoms with E-state index in [2.05, 4.69) is 57.5 Å². The van der Waals surface area contributed by atoms with Gasteiger partial charge in [-0.15, -0.1) is 0 Å². The molecule has 0 amide bonds. The zero-order chi connectivity index (χ0) is 14.0. The smallest absolute Gasteiger partial charge is 0.0465 e. The van der Waals surface area contributed by atoms with Gasteiger partial charge in [-0.05, 0) is 38.0 Å². The fourth-order valence-electron chi connectivity index (χ4n) is 2.06. The minimum absolute atomic E-state index is 0.334. The van der Waals surface area contributed by atoms with Crippen molar-refractivity contribution < 1.29 is 0 Å². The van der Waals surface area contributed by atoms with E-state index in [0.29, 0.717) is 5.41 Å². The van der Waals surface area contributed by atoms with Crippen LogP contribution in [0.3, 0.4) is 0 Å². The van der Waals surface area contributed by atoms with E-state index in [-0.39, 0.29) is 0 Å². The van der Waals surface area contributed by atoms with Gasteiger partial charge in [0.2, 0.25) is 0 Å². The molecule has 0 radical (unpaired) electrons. The monoisotopic (exact) mass is 252 g/mol. The zero-order valence-corrected chi connectivity index (χ0v) is 13.1. The number of hydrogen-bond donors (Lipinski definition) is 0. The SMILES string of the molecule is C=NN(CC(C)(CC)CC)/C(=C\C)CCCCC. The predicted molar refractivity (Wildman–Crippen MR) is 82.8 cm³/mol. The van der Waals surface area contributed by atoms with Crippen LogP contribution in [0.4, 0.5) is 0 Å². The number of nitrogens with zero attached hydrogens (tertiary/aromatic N) is 2. The lowest BCUT2D eigenvalue weighted by atomic mass is 9.84. The van der Waals surface area contributed by atoms with Crippen LogP contribution in [-0.2, 0) is 0 Å². The van der Waals surface area contributed by atoms with Gasteiger partial charge in [0, 0.05) is 19.0 Å². The molecule has 0 aromatic carbocycles. The first kappa shape index (κ1) is 17.2. The van der Waals surface area contributed by atoms with Gasteiger partial charge < -0.3 is 0 Å². The molecule has 0 rings (SSSR count). The lowest BCUT2D eigenvalue weighted by molar-refractivity contribution is 0.186. The normalized spacial score (nSPS) is 12.6. The zero-order valence-electron chi connectivity index (χ0n) is 13.1. The number of hydrazone groups is 1. The van der Waals surface area contributed by atoms with E-state index < -0.39 is 0 Å². The Hall–Kier alpha value is -0.790. The second-order valence-corrected chi connectivity index (χ2v) is 5.45. The van der Waals surface area contributed by atoms with Crippen LogP contribution in [0.2, 0.25) is 0 Å². The molecule has 0 fully saturated rings. The fraction of sp³-hybridized carbons (Fsp3) is 0.812. The number of rotatable bonds is 10. The Morgan fingerprint density at radius 2 is 1.83 bits per heavy atom. The molecule has 0 spiro atoms. The van der Waals surface area contributed by atoms with E-state index in [1.165, 1.54) is 37.8 Å². The highest BCUT2D eigenvalue weighted by Crippen LogP contribution is 2.29. The molecule has 0 N–H and O–H groups in total. The highest BCUT2D eigenvalue weighted by Gasteiger charge is 2.23. The lowest BCUT2D eigenvalue weighted by Gasteiger charge is -2.33. The van der Waals surface area contributed by atoms with E-state index in [1.54, 1.807) is 0 Å². The topological polar surface area (TPSA) is 15.6 Å². The molecule has 0 heterocycles. The number of allylic oxidation sites excluding steroid dienone is 2. The molecule has 0 aromatic rings. The molecular formula is C16H32N2. The molecule has 106 valence electrons. The average molecular weight is 252 g/mol. The minimum atomic E-state index is 0.334. The summed E-state index contributed by atoms with van der Waals surface area (Å²) in [4.78, 5) is 0. The Kier molecular flexibility index (Phi) is 8.78. The van der Waals surface area contributed by atoms with E-state index in [4.69, 9.17) is 0 Å². The van der Waals surface area contributed by atoms with Crippen molar-refractivity contribution in [1.82, 2.24) is 5.01 Å². The molecule has 0 aliphatic rings. The van der Waals surface area contributed by atoms with Crippen LogP contribution in [0.1, 0.15) is 73.1 Å². The Labute approximate surface area is 114 Å². The Morgan fingerprint density at radius 3 is 2.22 bits per heavy atom. The van der Waals surface area contributed by atoms with Gasteiger partial charge in [-0.1, -0.05) is 46.6 Å². The highest BCUT2D eigenvalue weighted by atomic mass is 15.4. The van der Waals surface area contributed by atoms with Gasteiger partial charge in [0.25, 0.3) is 0 Å². The minimum Gasteiger partial charge on any atom is -0.270 e. The van der Waals surface area contributed by atoms with Gasteiger partial charge in [-0.25, -0.2) is 0 Å². The van der Waals surface area contributed by atoms with E-state index >= 15 is 0 Å². The van der Waals surface area contributed by atoms with E-state index in [1.807, 2.05) is 0 Å². The summed E-state index contributed by atoms with van der Waals surface area (Å²) in [7, 11) is 0. The lowest BCUT2D eigenvalue weighted by Crippen LogP contribution is -2.31. The quantitative estimate of drug-likeness (QED) is 0.296. The summed E-state index contributed by atoms with van der Waals surface area (Å²) in [6.07, 6.45) is 9.48. The first-order chi connectivity index (χ1) is 8.56. The second kappa shape index (κ2) is 9.18. The standard InChI is InChI=1S/C16H32N2/c1-7-11-12-13-15(8-2)18(17-6)14-16(5,9-3)10-4/h8H,6-7,9-14H2,1-5H3/b15-8-. The van der Waals surface area contributed by atoms with Crippen molar-refractivity contribution >= 4 is 6.72 Å². The van der Waals surface area contributed by atoms with Crippen molar-refractivity contribution in [2.24, 2.45) is 10.5 Å². The van der Waals surface area contributed by atoms with Crippen LogP contribution in [0.15, 0.2) is 16.9 Å². The molecule has 0 saturated heterocycles. The third-order valence-electron chi connectivity index (χ3n) is 4.11. The summed E-state index contributed by atoms with van der Waals surface area (Å²) in [6.45, 7) is 15.9. The van der Waals surface area contributed by atoms with Crippen LogP contribution < -0.4 is 0 Å². The van der Waals surface area contributed by atoms with Crippen molar-refractivity contribution in [1.29, 1.82) is 0 Å². The number of hydrogen-bond acceptors (Lipinski definition) is 2. The predicted octanol–water partition coefficient (Wildman–Crippen LogP) is 5.21. The van der Waals surface area contributed by atoms with E-state index in [0.717, 1.165) is 13.0 Å². The van der Waals surface area contributed by atoms with Crippen LogP contribution in [0.25, 0.3) is 0 Å². The van der Waals surface area contributed by atoms with Gasteiger partial charge in [-0.2, -0.15) is 5.10 Å². The van der Waals surface area contributed by atoms with Crippen LogP contribution in [-0.4, -0.2) is 18.3 Å². The van der Waals surface area contributed by atoms with Crippen LogP contribution in [0, 0.1) is 5.41 Å². The Balaban J connectivity index is 4.58. The molecule has 0 saturated carbocycles. The maximum Gasteiger partial charge on any atom is 0.0465 e. The Morgan fingerprint density at radius 1 is 1.22 bits per heavy atom. The van der Waals surface area contributed by atoms with Crippen molar-refractivity contribution in [3.05, 3.63) is 11.8 Å². The Bertz CT molecular complexity index is 252. The molecular weight excluding hydrogens is 220 g/mol. The summed E-state index contributed by atoms with van der Waals surface area (Å²) in [6, 6.07) is 0. The molecule has 2 nitrogen and oxygen atoms in total. The van der Waals surface area contributed by atoms with Crippen molar-refractivity contribution in [3.8, 4) is 0 Å². The summed E-state index contributed by atoms with van der Waals surface area (Å²) in [5, 5.41) is 6.35. The molecule has 0 aliphatic heterocycles. The second-order valence-electron chi connectivity index (χ2n) is 5.45. The molecule has 0 aliphatic carbocycles. The average Bonchev–Trinajstić information content (AvgIpc) is 2.41. The van der Waals surface area contributed by atoms with Crippen molar-refractivity contribution in [2.75, 3.05) is 6.54 Å². The van der Waals surface area contributed by atoms with Gasteiger partial charge in [0.1, 0.15) is 0 Å². The third-order valence-corrected chi connectivity index (χ3v) is 4.11. The van der Waals surface area contributed by atoms with Gasteiger partial charge in [-0.3, -0.25) is 5.01 Å². The molecule has 2 heteroatoms. The molecule has 0 aromatic heterocycles. The molecule has 0 unspecified atom stereocenters. The first-order valence-electron chi connectivity index (χ1n) is 7.46. The summed E-state index contributed by atoms with van der Waals surface area (Å²) in [5.74, 6) is 0. The van der Waals surface area contributed by atoms with Crippen molar-refractivity contribution in [3.63, 3.8) is 0 Å². The first-order valence-corrected chi connectivity index (χ1v) is 7.46. The molecule has 18 heavy (non-hydrogen) atoms. The third kappa shape index (κ3) is 5.70. The van der Waals surface area contributed by atoms with Crippen LogP contribution in [0.5, 0.6) is 0 Å². The van der Waals surface area contributed by atoms with E-state index in [9.17, 15) is 0 Å². The summed E-state index contributed by atoms with van der Waals surface area (Å²) < 4.78 is 0. The maximum atomic E-state index is 4.23. The van der Waals surface area contributed by atoms with Crippen molar-refractivity contribution in [2.45, 2.75) is 73.1 Å². The largest absolute Gasteiger partial charge is 0.270 e. The van der Waals surface area contributed by atoms with Crippen LogP contribution >= 0.6 is 0 Å². The number of unbranched alkanes of at least 4 members (excludes halogenated alkanes) is 2. The van der Waals surface area contributed by atoms with Gasteiger partial charge >= 0.3 is 0 Å². The van der Waals surface area contributed by atoms with Gasteiger partial charge in [0.05, 0.1) is 0 Å². The van der Waals surface area contributed by atoms with Gasteiger partial charge in [0.15, 0.2) is 0 Å². The summed E-state index contributed by atoms with van der Waals surface area (Å²) in [5.41, 5.74) is 1.66.